The van der Waals surface area contributed by atoms with E-state index in [2.05, 4.69) is 26.0 Å². The van der Waals surface area contributed by atoms with Crippen LogP contribution >= 0.6 is 0 Å². The number of para-hydroxylation sites is 1. The van der Waals surface area contributed by atoms with Gasteiger partial charge in [-0.3, -0.25) is 14.4 Å². The third-order valence-electron chi connectivity index (χ3n) is 6.34. The number of nitrogens with two attached hydrogens (primary N) is 2. The van der Waals surface area contributed by atoms with Crippen LogP contribution in [-0.2, 0) is 27.2 Å². The molecule has 3 atom stereocenters. The summed E-state index contributed by atoms with van der Waals surface area (Å²) in [5.41, 5.74) is 14.2. The van der Waals surface area contributed by atoms with Crippen molar-refractivity contribution in [2.24, 2.45) is 16.6 Å². The van der Waals surface area contributed by atoms with Crippen molar-refractivity contribution in [3.05, 3.63) is 82.0 Å². The average molecular weight is 551 g/mol. The number of rotatable bonds is 14. The fraction of sp³-hybridized carbons (Fsp3) is 0.333. The Balaban J connectivity index is 1.69. The molecular formula is C27H34N8O5. The molecule has 8 N–H and O–H groups in total. The summed E-state index contributed by atoms with van der Waals surface area (Å²) in [5, 5.41) is 21.5. The van der Waals surface area contributed by atoms with E-state index in [-0.39, 0.29) is 37.6 Å². The number of guanidine groups is 1. The summed E-state index contributed by atoms with van der Waals surface area (Å²) < 4.78 is 0. The number of aromatic amines is 1. The van der Waals surface area contributed by atoms with E-state index >= 15 is 0 Å². The maximum Gasteiger partial charge on any atom is 0.266 e. The van der Waals surface area contributed by atoms with E-state index in [9.17, 15) is 24.5 Å². The molecule has 0 aliphatic rings. The smallest absolute Gasteiger partial charge is 0.266 e. The quantitative estimate of drug-likeness (QED) is 0.0552. The molecule has 2 aromatic carbocycles. The Morgan fingerprint density at radius 3 is 2.38 bits per heavy atom. The van der Waals surface area contributed by atoms with Crippen molar-refractivity contribution in [2.45, 2.75) is 50.7 Å². The number of carbonyl (C=O) groups is 3. The fourth-order valence-electron chi connectivity index (χ4n) is 4.24. The highest BCUT2D eigenvalue weighted by molar-refractivity contribution is 5.93. The summed E-state index contributed by atoms with van der Waals surface area (Å²) in [4.78, 5) is 52.4. The van der Waals surface area contributed by atoms with Gasteiger partial charge in [0.2, 0.25) is 11.8 Å². The van der Waals surface area contributed by atoms with Gasteiger partial charge in [0.15, 0.2) is 10.8 Å². The highest BCUT2D eigenvalue weighted by Gasteiger charge is 2.27. The summed E-state index contributed by atoms with van der Waals surface area (Å²) in [6, 6.07) is 14.1. The van der Waals surface area contributed by atoms with Crippen LogP contribution in [0, 0.1) is 10.1 Å². The van der Waals surface area contributed by atoms with Gasteiger partial charge in [-0.25, -0.2) is 10.1 Å². The van der Waals surface area contributed by atoms with Gasteiger partial charge in [0.1, 0.15) is 11.1 Å². The SMILES string of the molecule is CC(=O)[C@H](Cc1c[nH]c2ccccc12)NC(=O)[C@H](CCCN/C(N)=N\[N+](=O)[O-])NC(=O)[C@H](N)Cc1ccccc1. The van der Waals surface area contributed by atoms with E-state index in [4.69, 9.17) is 11.5 Å². The van der Waals surface area contributed by atoms with Crippen molar-refractivity contribution in [1.82, 2.24) is 20.9 Å². The van der Waals surface area contributed by atoms with Crippen LogP contribution in [0.2, 0.25) is 0 Å². The Hall–Kier alpha value is -4.78. The van der Waals surface area contributed by atoms with E-state index < -0.39 is 35.0 Å². The highest BCUT2D eigenvalue weighted by Crippen LogP contribution is 2.19. The van der Waals surface area contributed by atoms with Crippen LogP contribution in [0.3, 0.4) is 0 Å². The Labute approximate surface area is 230 Å². The number of hydrazone groups is 1. The van der Waals surface area contributed by atoms with Gasteiger partial charge in [0.05, 0.1) is 12.1 Å². The molecule has 2 amide bonds. The molecule has 0 unspecified atom stereocenters. The van der Waals surface area contributed by atoms with Crippen molar-refractivity contribution in [2.75, 3.05) is 6.54 Å². The Morgan fingerprint density at radius 2 is 1.68 bits per heavy atom. The molecule has 0 spiro atoms. The maximum atomic E-state index is 13.4. The third kappa shape index (κ3) is 8.91. The van der Waals surface area contributed by atoms with Crippen molar-refractivity contribution in [1.29, 1.82) is 0 Å². The predicted octanol–water partition coefficient (Wildman–Crippen LogP) is 0.715. The number of hydrogen-bond donors (Lipinski definition) is 6. The van der Waals surface area contributed by atoms with E-state index in [0.717, 1.165) is 22.0 Å². The molecule has 0 aliphatic heterocycles. The van der Waals surface area contributed by atoms with Gasteiger partial charge in [-0.2, -0.15) is 0 Å². The number of ketones is 1. The van der Waals surface area contributed by atoms with Crippen molar-refractivity contribution >= 4 is 34.5 Å². The molecule has 3 aromatic rings. The number of fused-ring (bicyclic) bond motifs is 1. The molecular weight excluding hydrogens is 516 g/mol. The molecule has 212 valence electrons. The summed E-state index contributed by atoms with van der Waals surface area (Å²) in [6.45, 7) is 1.55. The zero-order valence-electron chi connectivity index (χ0n) is 22.1. The Morgan fingerprint density at radius 1 is 1.00 bits per heavy atom. The molecule has 1 heterocycles. The van der Waals surface area contributed by atoms with Gasteiger partial charge < -0.3 is 32.4 Å². The zero-order chi connectivity index (χ0) is 29.1. The van der Waals surface area contributed by atoms with E-state index in [1.54, 1.807) is 6.20 Å². The molecule has 13 nitrogen and oxygen atoms in total. The monoisotopic (exact) mass is 550 g/mol. The van der Waals surface area contributed by atoms with E-state index in [1.807, 2.05) is 54.6 Å². The van der Waals surface area contributed by atoms with Crippen molar-refractivity contribution in [3.8, 4) is 0 Å². The van der Waals surface area contributed by atoms with Crippen molar-refractivity contribution < 1.29 is 19.4 Å². The first kappa shape index (κ1) is 29.8. The number of amides is 2. The third-order valence-corrected chi connectivity index (χ3v) is 6.34. The molecule has 0 aliphatic carbocycles. The second kappa shape index (κ2) is 14.4. The molecule has 0 fully saturated rings. The first-order valence-corrected chi connectivity index (χ1v) is 12.8. The minimum absolute atomic E-state index is 0.145. The van der Waals surface area contributed by atoms with Crippen molar-refractivity contribution in [3.63, 3.8) is 0 Å². The first-order valence-electron chi connectivity index (χ1n) is 12.8. The molecule has 1 aromatic heterocycles. The standard InChI is InChI=1S/C27H34N8O5/c1-17(36)24(15-19-16-31-22-11-6-5-10-20(19)22)33-26(38)23(12-7-13-30-27(29)34-35(39)40)32-25(37)21(28)14-18-8-3-2-4-9-18/h2-6,8-11,16,21,23-24,31H,7,12-15,28H2,1H3,(H,32,37)(H,33,38)(H3,29,30,34)/t21-,23+,24+/m1/s1. The Kier molecular flexibility index (Phi) is 10.7. The highest BCUT2D eigenvalue weighted by atomic mass is 16.7. The van der Waals surface area contributed by atoms with Crippen LogP contribution < -0.4 is 27.4 Å². The number of H-pyrrole nitrogens is 1. The summed E-state index contributed by atoms with van der Waals surface area (Å²) >= 11 is 0. The lowest BCUT2D eigenvalue weighted by molar-refractivity contribution is -0.485. The molecule has 0 saturated heterocycles. The zero-order valence-corrected chi connectivity index (χ0v) is 22.1. The summed E-state index contributed by atoms with van der Waals surface area (Å²) in [7, 11) is 0. The number of nitro groups is 1. The summed E-state index contributed by atoms with van der Waals surface area (Å²) in [5.74, 6) is -1.69. The molecule has 13 heteroatoms. The van der Waals surface area contributed by atoms with Gasteiger partial charge in [0.25, 0.3) is 5.96 Å². The lowest BCUT2D eigenvalue weighted by Crippen LogP contribution is -2.55. The number of carbonyl (C=O) groups excluding carboxylic acids is 3. The number of Topliss-reactive ketones (excluding diaryl/α,β-unsaturated/α-hetero) is 1. The van der Waals surface area contributed by atoms with Crippen LogP contribution in [0.1, 0.15) is 30.9 Å². The van der Waals surface area contributed by atoms with Gasteiger partial charge in [0, 0.05) is 30.1 Å². The van der Waals surface area contributed by atoms with Gasteiger partial charge in [-0.15, -0.1) is 0 Å². The normalized spacial score (nSPS) is 13.7. The van der Waals surface area contributed by atoms with Crippen LogP contribution in [0.5, 0.6) is 0 Å². The topological polar surface area (TPSA) is 211 Å². The lowest BCUT2D eigenvalue weighted by Gasteiger charge is -2.23. The second-order valence-electron chi connectivity index (χ2n) is 9.38. The van der Waals surface area contributed by atoms with Crippen LogP contribution in [0.4, 0.5) is 0 Å². The average Bonchev–Trinajstić information content (AvgIpc) is 3.32. The largest absolute Gasteiger partial charge is 0.365 e. The molecule has 3 rings (SSSR count). The predicted molar refractivity (Wildman–Crippen MR) is 151 cm³/mol. The van der Waals surface area contributed by atoms with Gasteiger partial charge in [-0.1, -0.05) is 48.5 Å². The minimum atomic E-state index is -1.02. The Bertz CT molecular complexity index is 1360. The van der Waals surface area contributed by atoms with Gasteiger partial charge >= 0.3 is 0 Å². The minimum Gasteiger partial charge on any atom is -0.365 e. The number of nitrogens with one attached hydrogen (secondary N) is 4. The first-order chi connectivity index (χ1) is 19.1. The molecule has 0 bridgehead atoms. The summed E-state index contributed by atoms with van der Waals surface area (Å²) in [6.07, 6.45) is 2.78. The second-order valence-corrected chi connectivity index (χ2v) is 9.38. The molecule has 0 radical (unpaired) electrons. The van der Waals surface area contributed by atoms with Crippen LogP contribution in [0.15, 0.2) is 65.9 Å². The maximum absolute atomic E-state index is 13.4. The van der Waals surface area contributed by atoms with Gasteiger partial charge in [-0.05, 0) is 43.4 Å². The van der Waals surface area contributed by atoms with E-state index in [0.29, 0.717) is 6.42 Å². The number of benzene rings is 2. The fourth-order valence-corrected chi connectivity index (χ4v) is 4.24. The molecule has 40 heavy (non-hydrogen) atoms. The number of hydrogen-bond acceptors (Lipinski definition) is 6. The van der Waals surface area contributed by atoms with E-state index in [1.165, 1.54) is 6.92 Å². The molecule has 0 saturated carbocycles. The van der Waals surface area contributed by atoms with Crippen LogP contribution in [-0.4, -0.2) is 58.2 Å². The number of nitrogens with zero attached hydrogens (tertiary/aromatic N) is 2. The lowest BCUT2D eigenvalue weighted by atomic mass is 10.0. The number of aromatic nitrogens is 1. The van der Waals surface area contributed by atoms with Crippen LogP contribution in [0.25, 0.3) is 10.9 Å².